The lowest BCUT2D eigenvalue weighted by Crippen LogP contribution is -2.32. The van der Waals surface area contributed by atoms with Crippen LogP contribution in [0.4, 0.5) is 9.52 Å². The zero-order valence-corrected chi connectivity index (χ0v) is 18.5. The molecule has 33 heavy (non-hydrogen) atoms. The average molecular weight is 473 g/mol. The zero-order chi connectivity index (χ0) is 23.8. The molecule has 3 rings (SSSR count). The molecule has 0 atom stereocenters. The summed E-state index contributed by atoms with van der Waals surface area (Å²) in [5.41, 5.74) is 1.06. The van der Waals surface area contributed by atoms with Gasteiger partial charge in [-0.05, 0) is 30.3 Å². The molecule has 2 amide bonds. The van der Waals surface area contributed by atoms with Crippen LogP contribution in [0.3, 0.4) is 0 Å². The van der Waals surface area contributed by atoms with Crippen molar-refractivity contribution in [3.8, 4) is 22.8 Å². The van der Waals surface area contributed by atoms with E-state index in [1.165, 1.54) is 36.6 Å². The van der Waals surface area contributed by atoms with E-state index in [4.69, 9.17) is 14.2 Å². The van der Waals surface area contributed by atoms with Gasteiger partial charge in [-0.1, -0.05) is 12.1 Å². The average Bonchev–Trinajstić information content (AvgIpc) is 3.29. The Morgan fingerprint density at radius 1 is 1.09 bits per heavy atom. The molecule has 9 nitrogen and oxygen atoms in total. The van der Waals surface area contributed by atoms with Gasteiger partial charge in [0.15, 0.2) is 11.7 Å². The van der Waals surface area contributed by atoms with E-state index in [1.54, 1.807) is 30.7 Å². The lowest BCUT2D eigenvalue weighted by atomic mass is 10.1. The van der Waals surface area contributed by atoms with Crippen LogP contribution in [-0.2, 0) is 14.3 Å². The van der Waals surface area contributed by atoms with Crippen LogP contribution in [0.5, 0.6) is 11.5 Å². The summed E-state index contributed by atoms with van der Waals surface area (Å²) in [4.78, 5) is 40.1. The first-order valence-corrected chi connectivity index (χ1v) is 10.5. The monoisotopic (exact) mass is 473 g/mol. The molecule has 0 radical (unpaired) electrons. The Kier molecular flexibility index (Phi) is 7.92. The normalized spacial score (nSPS) is 10.3. The number of carbonyl (C=O) groups excluding carboxylic acids is 3. The smallest absolute Gasteiger partial charge is 0.325 e. The van der Waals surface area contributed by atoms with Gasteiger partial charge in [-0.3, -0.25) is 19.7 Å². The second-order valence-electron chi connectivity index (χ2n) is 6.48. The minimum atomic E-state index is -0.851. The molecular formula is C22H20FN3O6S. The molecule has 0 unspecified atom stereocenters. The molecule has 0 aliphatic heterocycles. The molecule has 0 fully saturated rings. The van der Waals surface area contributed by atoms with Gasteiger partial charge in [-0.25, -0.2) is 9.37 Å². The van der Waals surface area contributed by atoms with Crippen molar-refractivity contribution in [3.05, 3.63) is 59.2 Å². The molecule has 0 aliphatic rings. The summed E-state index contributed by atoms with van der Waals surface area (Å²) in [6.45, 7) is -1.09. The van der Waals surface area contributed by atoms with Crippen molar-refractivity contribution in [1.82, 2.24) is 10.3 Å². The SMILES string of the molecule is COc1ccc(OC)c(-c2csc(NC(=O)COC(=O)CNC(=O)c3ccccc3F)n2)c1. The Balaban J connectivity index is 1.50. The summed E-state index contributed by atoms with van der Waals surface area (Å²) in [5.74, 6) is -1.73. The number of thiazole rings is 1. The lowest BCUT2D eigenvalue weighted by molar-refractivity contribution is -0.146. The number of esters is 1. The first-order valence-electron chi connectivity index (χ1n) is 9.57. The number of methoxy groups -OCH3 is 2. The van der Waals surface area contributed by atoms with Crippen molar-refractivity contribution in [2.24, 2.45) is 0 Å². The van der Waals surface area contributed by atoms with Gasteiger partial charge in [0, 0.05) is 10.9 Å². The molecular weight excluding hydrogens is 453 g/mol. The zero-order valence-electron chi connectivity index (χ0n) is 17.7. The highest BCUT2D eigenvalue weighted by molar-refractivity contribution is 7.14. The molecule has 0 saturated heterocycles. The maximum absolute atomic E-state index is 13.6. The van der Waals surface area contributed by atoms with Gasteiger partial charge in [0.2, 0.25) is 0 Å². The first kappa shape index (κ1) is 23.7. The molecule has 172 valence electrons. The fraction of sp³-hybridized carbons (Fsp3) is 0.182. The van der Waals surface area contributed by atoms with Crippen molar-refractivity contribution in [2.45, 2.75) is 0 Å². The minimum absolute atomic E-state index is 0.199. The van der Waals surface area contributed by atoms with Gasteiger partial charge in [-0.2, -0.15) is 0 Å². The molecule has 2 N–H and O–H groups in total. The molecule has 0 spiro atoms. The van der Waals surface area contributed by atoms with E-state index in [1.807, 2.05) is 0 Å². The summed E-state index contributed by atoms with van der Waals surface area (Å²) >= 11 is 1.18. The molecule has 11 heteroatoms. The van der Waals surface area contributed by atoms with Gasteiger partial charge in [0.05, 0.1) is 25.5 Å². The predicted octanol–water partition coefficient (Wildman–Crippen LogP) is 2.88. The highest BCUT2D eigenvalue weighted by Gasteiger charge is 2.15. The van der Waals surface area contributed by atoms with Crippen molar-refractivity contribution < 1.29 is 33.0 Å². The van der Waals surface area contributed by atoms with Crippen LogP contribution in [0.1, 0.15) is 10.4 Å². The topological polar surface area (TPSA) is 116 Å². The fourth-order valence-electron chi connectivity index (χ4n) is 2.71. The summed E-state index contributed by atoms with van der Waals surface area (Å²) < 4.78 is 29.0. The number of amides is 2. The van der Waals surface area contributed by atoms with Crippen LogP contribution in [-0.4, -0.2) is 50.1 Å². The second kappa shape index (κ2) is 11.0. The van der Waals surface area contributed by atoms with Crippen LogP contribution >= 0.6 is 11.3 Å². The molecule has 1 aromatic heterocycles. The van der Waals surface area contributed by atoms with Crippen LogP contribution in [0.2, 0.25) is 0 Å². The number of nitrogens with zero attached hydrogens (tertiary/aromatic N) is 1. The summed E-state index contributed by atoms with van der Waals surface area (Å²) in [6, 6.07) is 10.6. The van der Waals surface area contributed by atoms with E-state index in [9.17, 15) is 18.8 Å². The van der Waals surface area contributed by atoms with Gasteiger partial charge in [0.25, 0.3) is 11.8 Å². The van der Waals surface area contributed by atoms with Gasteiger partial charge < -0.3 is 19.5 Å². The molecule has 0 aliphatic carbocycles. The van der Waals surface area contributed by atoms with Crippen molar-refractivity contribution in [2.75, 3.05) is 32.7 Å². The largest absolute Gasteiger partial charge is 0.497 e. The van der Waals surface area contributed by atoms with E-state index in [0.29, 0.717) is 27.9 Å². The second-order valence-corrected chi connectivity index (χ2v) is 7.33. The summed E-state index contributed by atoms with van der Waals surface area (Å²) in [6.07, 6.45) is 0. The molecule has 3 aromatic rings. The van der Waals surface area contributed by atoms with Crippen molar-refractivity contribution >= 4 is 34.3 Å². The first-order chi connectivity index (χ1) is 15.9. The molecule has 0 saturated carbocycles. The van der Waals surface area contributed by atoms with Crippen LogP contribution in [0.25, 0.3) is 11.3 Å². The third kappa shape index (κ3) is 6.26. The third-order valence-electron chi connectivity index (χ3n) is 4.31. The van der Waals surface area contributed by atoms with Crippen molar-refractivity contribution in [1.29, 1.82) is 0 Å². The maximum Gasteiger partial charge on any atom is 0.325 e. The molecule has 2 aromatic carbocycles. The number of carbonyl (C=O) groups is 3. The predicted molar refractivity (Wildman–Crippen MR) is 119 cm³/mol. The van der Waals surface area contributed by atoms with Gasteiger partial charge >= 0.3 is 5.97 Å². The molecule has 1 heterocycles. The van der Waals surface area contributed by atoms with Crippen molar-refractivity contribution in [3.63, 3.8) is 0 Å². The van der Waals surface area contributed by atoms with Gasteiger partial charge in [0.1, 0.15) is 23.9 Å². The minimum Gasteiger partial charge on any atom is -0.497 e. The Morgan fingerprint density at radius 3 is 2.61 bits per heavy atom. The maximum atomic E-state index is 13.6. The Bertz CT molecular complexity index is 1170. The number of rotatable bonds is 9. The quantitative estimate of drug-likeness (QED) is 0.459. The van der Waals surface area contributed by atoms with E-state index in [-0.39, 0.29) is 5.56 Å². The number of aromatic nitrogens is 1. The van der Waals surface area contributed by atoms with E-state index in [2.05, 4.69) is 15.6 Å². The number of benzene rings is 2. The van der Waals surface area contributed by atoms with E-state index in [0.717, 1.165) is 6.07 Å². The molecule has 0 bridgehead atoms. The number of anilines is 1. The highest BCUT2D eigenvalue weighted by atomic mass is 32.1. The fourth-order valence-corrected chi connectivity index (χ4v) is 3.44. The standard InChI is InChI=1S/C22H20FN3O6S/c1-30-13-7-8-18(31-2)15(9-13)17-12-33-22(25-17)26-19(27)11-32-20(28)10-24-21(29)14-5-3-4-6-16(14)23/h3-9,12H,10-11H2,1-2H3,(H,24,29)(H,25,26,27). The van der Waals surface area contributed by atoms with E-state index >= 15 is 0 Å². The number of nitrogens with one attached hydrogen (secondary N) is 2. The Morgan fingerprint density at radius 2 is 1.88 bits per heavy atom. The van der Waals surface area contributed by atoms with E-state index < -0.39 is 36.8 Å². The van der Waals surface area contributed by atoms with Crippen LogP contribution in [0.15, 0.2) is 47.8 Å². The third-order valence-corrected chi connectivity index (χ3v) is 5.07. The van der Waals surface area contributed by atoms with Gasteiger partial charge in [-0.15, -0.1) is 11.3 Å². The lowest BCUT2D eigenvalue weighted by Gasteiger charge is -2.08. The summed E-state index contributed by atoms with van der Waals surface area (Å²) in [5, 5.41) is 6.80. The highest BCUT2D eigenvalue weighted by Crippen LogP contribution is 2.34. The number of hydrogen-bond donors (Lipinski definition) is 2. The van der Waals surface area contributed by atoms with Crippen LogP contribution in [0, 0.1) is 5.82 Å². The number of hydrogen-bond acceptors (Lipinski definition) is 8. The number of halogens is 1. The summed E-state index contributed by atoms with van der Waals surface area (Å²) in [7, 11) is 3.08. The number of ether oxygens (including phenoxy) is 3. The van der Waals surface area contributed by atoms with Crippen LogP contribution < -0.4 is 20.1 Å². The Labute approximate surface area is 192 Å². The Hall–Kier alpha value is -3.99.